The van der Waals surface area contributed by atoms with Crippen molar-refractivity contribution < 1.29 is 23.9 Å². The molecule has 0 saturated heterocycles. The smallest absolute Gasteiger partial charge is 0.361 e. The number of carbonyl (C=O) groups is 3. The first kappa shape index (κ1) is 18.1. The van der Waals surface area contributed by atoms with Crippen LogP contribution in [0.5, 0.6) is 0 Å². The number of carbonyl (C=O) groups excluding carboxylic acids is 3. The second-order valence-electron chi connectivity index (χ2n) is 5.25. The van der Waals surface area contributed by atoms with Crippen LogP contribution in [0.25, 0.3) is 0 Å². The molecular formula is C16H18N4O5. The highest BCUT2D eigenvalue weighted by molar-refractivity contribution is 6.01. The number of esters is 2. The molecule has 0 bridgehead atoms. The molecule has 25 heavy (non-hydrogen) atoms. The lowest BCUT2D eigenvalue weighted by Gasteiger charge is -2.14. The second kappa shape index (κ2) is 7.56. The summed E-state index contributed by atoms with van der Waals surface area (Å²) in [5.74, 6) is -2.13. The van der Waals surface area contributed by atoms with Gasteiger partial charge in [-0.3, -0.25) is 4.79 Å². The summed E-state index contributed by atoms with van der Waals surface area (Å²) >= 11 is 0. The lowest BCUT2D eigenvalue weighted by atomic mass is 10.2. The molecule has 0 aliphatic rings. The van der Waals surface area contributed by atoms with Crippen LogP contribution in [-0.2, 0) is 14.3 Å². The highest BCUT2D eigenvalue weighted by Crippen LogP contribution is 2.17. The molecule has 2 aromatic rings. The van der Waals surface area contributed by atoms with Gasteiger partial charge in [-0.15, -0.1) is 5.10 Å². The number of hydrogen-bond donors (Lipinski definition) is 1. The summed E-state index contributed by atoms with van der Waals surface area (Å²) in [6.45, 7) is 3.45. The molecule has 0 radical (unpaired) electrons. The number of aryl methyl sites for hydroxylation is 1. The van der Waals surface area contributed by atoms with Gasteiger partial charge in [-0.05, 0) is 26.0 Å². The summed E-state index contributed by atoms with van der Waals surface area (Å²) in [5.41, 5.74) is 1.08. The number of ether oxygens (including phenoxy) is 2. The van der Waals surface area contributed by atoms with Crippen LogP contribution in [0.3, 0.4) is 0 Å². The standard InChI is InChI=1S/C16H18N4O5/c1-9-5-7-11(8-6-9)17-14(21)10(2)20-13(16(23)25-4)12(18-19-20)15(22)24-3/h5-8,10H,1-4H3,(H,17,21)/t10-/m1/s1. The third-order valence-electron chi connectivity index (χ3n) is 3.52. The van der Waals surface area contributed by atoms with Gasteiger partial charge in [0.05, 0.1) is 14.2 Å². The molecule has 0 aliphatic heterocycles. The highest BCUT2D eigenvalue weighted by Gasteiger charge is 2.31. The Bertz CT molecular complexity index is 797. The average Bonchev–Trinajstić information content (AvgIpc) is 3.06. The molecule has 1 aromatic carbocycles. The fourth-order valence-electron chi connectivity index (χ4n) is 2.08. The molecule has 9 nitrogen and oxygen atoms in total. The minimum absolute atomic E-state index is 0.249. The molecule has 0 spiro atoms. The zero-order valence-electron chi connectivity index (χ0n) is 14.3. The fourth-order valence-corrected chi connectivity index (χ4v) is 2.08. The predicted molar refractivity (Wildman–Crippen MR) is 87.2 cm³/mol. The van der Waals surface area contributed by atoms with Crippen molar-refractivity contribution >= 4 is 23.5 Å². The Morgan fingerprint density at radius 3 is 2.24 bits per heavy atom. The summed E-state index contributed by atoms with van der Waals surface area (Å²) in [4.78, 5) is 36.2. The predicted octanol–water partition coefficient (Wildman–Crippen LogP) is 1.36. The Labute approximate surface area is 143 Å². The van der Waals surface area contributed by atoms with Crippen LogP contribution in [0, 0.1) is 6.92 Å². The van der Waals surface area contributed by atoms with Crippen molar-refractivity contribution in [2.24, 2.45) is 0 Å². The van der Waals surface area contributed by atoms with Crippen molar-refractivity contribution in [2.45, 2.75) is 19.9 Å². The van der Waals surface area contributed by atoms with Crippen molar-refractivity contribution in [2.75, 3.05) is 19.5 Å². The number of anilines is 1. The van der Waals surface area contributed by atoms with Gasteiger partial charge in [0, 0.05) is 5.69 Å². The van der Waals surface area contributed by atoms with Gasteiger partial charge in [-0.2, -0.15) is 0 Å². The summed E-state index contributed by atoms with van der Waals surface area (Å²) in [6.07, 6.45) is 0. The third-order valence-corrected chi connectivity index (χ3v) is 3.52. The molecule has 2 rings (SSSR count). The van der Waals surface area contributed by atoms with E-state index in [1.807, 2.05) is 19.1 Å². The van der Waals surface area contributed by atoms with E-state index in [0.717, 1.165) is 24.5 Å². The lowest BCUT2D eigenvalue weighted by molar-refractivity contribution is -0.119. The number of benzene rings is 1. The molecule has 1 atom stereocenters. The highest BCUT2D eigenvalue weighted by atomic mass is 16.5. The zero-order valence-corrected chi connectivity index (χ0v) is 14.3. The van der Waals surface area contributed by atoms with Crippen LogP contribution in [0.2, 0.25) is 0 Å². The minimum Gasteiger partial charge on any atom is -0.464 e. The number of hydrogen-bond acceptors (Lipinski definition) is 7. The van der Waals surface area contributed by atoms with Crippen LogP contribution in [0.1, 0.15) is 39.5 Å². The quantitative estimate of drug-likeness (QED) is 0.813. The molecule has 0 fully saturated rings. The normalized spacial score (nSPS) is 11.5. The van der Waals surface area contributed by atoms with Crippen molar-refractivity contribution in [3.63, 3.8) is 0 Å². The van der Waals surface area contributed by atoms with Crippen molar-refractivity contribution in [3.8, 4) is 0 Å². The molecule has 9 heteroatoms. The van der Waals surface area contributed by atoms with Crippen LogP contribution >= 0.6 is 0 Å². The molecule has 1 N–H and O–H groups in total. The van der Waals surface area contributed by atoms with Crippen LogP contribution in [0.4, 0.5) is 5.69 Å². The van der Waals surface area contributed by atoms with Crippen molar-refractivity contribution in [1.82, 2.24) is 15.0 Å². The van der Waals surface area contributed by atoms with E-state index in [4.69, 9.17) is 0 Å². The van der Waals surface area contributed by atoms with E-state index in [-0.39, 0.29) is 11.4 Å². The number of nitrogens with zero attached hydrogens (tertiary/aromatic N) is 3. The van der Waals surface area contributed by atoms with Gasteiger partial charge in [0.25, 0.3) is 0 Å². The Morgan fingerprint density at radius 2 is 1.68 bits per heavy atom. The van der Waals surface area contributed by atoms with Crippen LogP contribution < -0.4 is 5.32 Å². The molecule has 0 saturated carbocycles. The van der Waals surface area contributed by atoms with Gasteiger partial charge in [0.1, 0.15) is 6.04 Å². The first-order valence-corrected chi connectivity index (χ1v) is 7.38. The van der Waals surface area contributed by atoms with Gasteiger partial charge >= 0.3 is 11.9 Å². The van der Waals surface area contributed by atoms with Crippen molar-refractivity contribution in [3.05, 3.63) is 41.2 Å². The Morgan fingerprint density at radius 1 is 1.08 bits per heavy atom. The first-order chi connectivity index (χ1) is 11.9. The average molecular weight is 346 g/mol. The van der Waals surface area contributed by atoms with Gasteiger partial charge in [-0.25, -0.2) is 14.3 Å². The maximum atomic E-state index is 12.4. The third kappa shape index (κ3) is 3.82. The Balaban J connectivity index is 2.31. The van der Waals surface area contributed by atoms with E-state index < -0.39 is 23.9 Å². The van der Waals surface area contributed by atoms with Crippen LogP contribution in [-0.4, -0.2) is 47.1 Å². The van der Waals surface area contributed by atoms with Crippen LogP contribution in [0.15, 0.2) is 24.3 Å². The van der Waals surface area contributed by atoms with E-state index >= 15 is 0 Å². The van der Waals surface area contributed by atoms with E-state index in [9.17, 15) is 14.4 Å². The second-order valence-corrected chi connectivity index (χ2v) is 5.25. The van der Waals surface area contributed by atoms with E-state index in [2.05, 4.69) is 25.1 Å². The first-order valence-electron chi connectivity index (χ1n) is 7.38. The Hall–Kier alpha value is -3.23. The monoisotopic (exact) mass is 346 g/mol. The summed E-state index contributed by atoms with van der Waals surface area (Å²) in [7, 11) is 2.30. The SMILES string of the molecule is COC(=O)c1nnn([C@H](C)C(=O)Nc2ccc(C)cc2)c1C(=O)OC. The largest absolute Gasteiger partial charge is 0.464 e. The van der Waals surface area contributed by atoms with E-state index in [1.165, 1.54) is 6.92 Å². The molecular weight excluding hydrogens is 328 g/mol. The number of amides is 1. The maximum absolute atomic E-state index is 12.4. The van der Waals surface area contributed by atoms with E-state index in [0.29, 0.717) is 5.69 Å². The number of methoxy groups -OCH3 is 2. The molecule has 0 unspecified atom stereocenters. The summed E-state index contributed by atoms with van der Waals surface area (Å²) in [6, 6.07) is 6.29. The maximum Gasteiger partial charge on any atom is 0.361 e. The molecule has 1 amide bonds. The summed E-state index contributed by atoms with van der Waals surface area (Å²) < 4.78 is 10.3. The minimum atomic E-state index is -0.915. The number of rotatable bonds is 5. The van der Waals surface area contributed by atoms with Gasteiger partial charge < -0.3 is 14.8 Å². The molecule has 1 heterocycles. The molecule has 132 valence electrons. The van der Waals surface area contributed by atoms with Gasteiger partial charge in [0.2, 0.25) is 11.6 Å². The van der Waals surface area contributed by atoms with E-state index in [1.54, 1.807) is 12.1 Å². The lowest BCUT2D eigenvalue weighted by Crippen LogP contribution is -2.28. The van der Waals surface area contributed by atoms with Gasteiger partial charge in [0.15, 0.2) is 5.69 Å². The fraction of sp³-hybridized carbons (Fsp3) is 0.312. The molecule has 1 aromatic heterocycles. The summed E-state index contributed by atoms with van der Waals surface area (Å²) in [5, 5.41) is 10.1. The Kier molecular flexibility index (Phi) is 5.48. The zero-order chi connectivity index (χ0) is 18.6. The molecule has 0 aliphatic carbocycles. The van der Waals surface area contributed by atoms with Crippen molar-refractivity contribution in [1.29, 1.82) is 0 Å². The number of aromatic nitrogens is 3. The topological polar surface area (TPSA) is 112 Å². The van der Waals surface area contributed by atoms with Gasteiger partial charge in [-0.1, -0.05) is 22.9 Å². The number of nitrogens with one attached hydrogen (secondary N) is 1.